The lowest BCUT2D eigenvalue weighted by molar-refractivity contribution is 0.217. The summed E-state index contributed by atoms with van der Waals surface area (Å²) < 4.78 is 0. The van der Waals surface area contributed by atoms with Gasteiger partial charge in [-0.2, -0.15) is 0 Å². The molecule has 0 saturated carbocycles. The van der Waals surface area contributed by atoms with Gasteiger partial charge >= 0.3 is 0 Å². The fourth-order valence-corrected chi connectivity index (χ4v) is 3.92. The van der Waals surface area contributed by atoms with Crippen molar-refractivity contribution in [2.75, 3.05) is 19.6 Å². The van der Waals surface area contributed by atoms with Crippen LogP contribution < -0.4 is 5.32 Å². The highest BCUT2D eigenvalue weighted by Gasteiger charge is 2.20. The Morgan fingerprint density at radius 2 is 2.19 bits per heavy atom. The van der Waals surface area contributed by atoms with Crippen LogP contribution in [-0.4, -0.2) is 35.6 Å². The fourth-order valence-electron chi connectivity index (χ4n) is 2.86. The SMILES string of the molecule is CCCN(Cc1nc(C(C)(C)C)cs1)CC1CCCCN1. The van der Waals surface area contributed by atoms with E-state index in [4.69, 9.17) is 4.98 Å². The lowest BCUT2D eigenvalue weighted by Crippen LogP contribution is -2.43. The van der Waals surface area contributed by atoms with E-state index in [1.54, 1.807) is 0 Å². The Kier molecular flexibility index (Phi) is 6.20. The highest BCUT2D eigenvalue weighted by atomic mass is 32.1. The second-order valence-corrected chi connectivity index (χ2v) is 8.20. The Hall–Kier alpha value is -0.450. The molecule has 1 fully saturated rings. The smallest absolute Gasteiger partial charge is 0.107 e. The molecule has 0 bridgehead atoms. The maximum atomic E-state index is 4.85. The first-order chi connectivity index (χ1) is 9.99. The second-order valence-electron chi connectivity index (χ2n) is 7.26. The van der Waals surface area contributed by atoms with Crippen LogP contribution in [0.1, 0.15) is 64.1 Å². The van der Waals surface area contributed by atoms with E-state index >= 15 is 0 Å². The van der Waals surface area contributed by atoms with E-state index in [0.717, 1.165) is 13.1 Å². The number of hydrogen-bond donors (Lipinski definition) is 1. The van der Waals surface area contributed by atoms with Gasteiger partial charge in [-0.15, -0.1) is 11.3 Å². The van der Waals surface area contributed by atoms with Crippen molar-refractivity contribution in [3.8, 4) is 0 Å². The largest absolute Gasteiger partial charge is 0.313 e. The molecule has 120 valence electrons. The number of nitrogens with one attached hydrogen (secondary N) is 1. The third-order valence-electron chi connectivity index (χ3n) is 4.11. The first kappa shape index (κ1) is 16.9. The topological polar surface area (TPSA) is 28.2 Å². The zero-order chi connectivity index (χ0) is 15.3. The number of hydrogen-bond acceptors (Lipinski definition) is 4. The summed E-state index contributed by atoms with van der Waals surface area (Å²) in [6.07, 6.45) is 5.25. The van der Waals surface area contributed by atoms with Crippen molar-refractivity contribution in [2.24, 2.45) is 0 Å². The first-order valence-electron chi connectivity index (χ1n) is 8.39. The summed E-state index contributed by atoms with van der Waals surface area (Å²) in [5, 5.41) is 7.17. The van der Waals surface area contributed by atoms with Crippen LogP contribution in [0, 0.1) is 0 Å². The summed E-state index contributed by atoms with van der Waals surface area (Å²) in [6.45, 7) is 13.5. The number of rotatable bonds is 6. The van der Waals surface area contributed by atoms with E-state index < -0.39 is 0 Å². The van der Waals surface area contributed by atoms with Gasteiger partial charge in [0.25, 0.3) is 0 Å². The van der Waals surface area contributed by atoms with Crippen molar-refractivity contribution >= 4 is 11.3 Å². The lowest BCUT2D eigenvalue weighted by Gasteiger charge is -2.30. The molecule has 1 N–H and O–H groups in total. The minimum atomic E-state index is 0.162. The number of nitrogens with zero attached hydrogens (tertiary/aromatic N) is 2. The Morgan fingerprint density at radius 3 is 2.76 bits per heavy atom. The summed E-state index contributed by atoms with van der Waals surface area (Å²) in [5.41, 5.74) is 1.39. The highest BCUT2D eigenvalue weighted by molar-refractivity contribution is 7.09. The maximum absolute atomic E-state index is 4.85. The van der Waals surface area contributed by atoms with Gasteiger partial charge in [0.2, 0.25) is 0 Å². The van der Waals surface area contributed by atoms with Crippen LogP contribution in [0.2, 0.25) is 0 Å². The van der Waals surface area contributed by atoms with E-state index in [-0.39, 0.29) is 5.41 Å². The van der Waals surface area contributed by atoms with Gasteiger partial charge in [0.1, 0.15) is 5.01 Å². The molecule has 0 aliphatic carbocycles. The molecule has 4 heteroatoms. The zero-order valence-corrected chi connectivity index (χ0v) is 14.9. The van der Waals surface area contributed by atoms with Gasteiger partial charge in [0.15, 0.2) is 0 Å². The summed E-state index contributed by atoms with van der Waals surface area (Å²) in [4.78, 5) is 7.43. The normalized spacial score (nSPS) is 20.1. The van der Waals surface area contributed by atoms with Gasteiger partial charge in [-0.1, -0.05) is 34.1 Å². The van der Waals surface area contributed by atoms with Gasteiger partial charge in [0, 0.05) is 23.4 Å². The molecule has 0 radical (unpaired) electrons. The number of aromatic nitrogens is 1. The van der Waals surface area contributed by atoms with Crippen molar-refractivity contribution in [2.45, 2.75) is 71.4 Å². The molecular formula is C17H31N3S. The van der Waals surface area contributed by atoms with Crippen LogP contribution in [0.4, 0.5) is 0 Å². The molecule has 0 spiro atoms. The third kappa shape index (κ3) is 5.35. The number of thiazole rings is 1. The van der Waals surface area contributed by atoms with Crippen LogP contribution in [0.25, 0.3) is 0 Å². The molecule has 1 aliphatic heterocycles. The monoisotopic (exact) mass is 309 g/mol. The minimum Gasteiger partial charge on any atom is -0.313 e. The van der Waals surface area contributed by atoms with E-state index in [0.29, 0.717) is 6.04 Å². The predicted octanol–water partition coefficient (Wildman–Crippen LogP) is 3.79. The van der Waals surface area contributed by atoms with Crippen molar-refractivity contribution < 1.29 is 0 Å². The molecule has 3 nitrogen and oxygen atoms in total. The summed E-state index contributed by atoms with van der Waals surface area (Å²) in [5.74, 6) is 0. The Morgan fingerprint density at radius 1 is 1.38 bits per heavy atom. The van der Waals surface area contributed by atoms with Crippen molar-refractivity contribution in [3.63, 3.8) is 0 Å². The standard InChI is InChI=1S/C17H31N3S/c1-5-10-20(11-14-8-6-7-9-18-14)12-16-19-15(13-21-16)17(2,3)4/h13-14,18H,5-12H2,1-4H3. The summed E-state index contributed by atoms with van der Waals surface area (Å²) in [7, 11) is 0. The fraction of sp³-hybridized carbons (Fsp3) is 0.824. The van der Waals surface area contributed by atoms with Gasteiger partial charge in [-0.25, -0.2) is 4.98 Å². The molecule has 0 aromatic carbocycles. The molecule has 1 unspecified atom stereocenters. The van der Waals surface area contributed by atoms with E-state index in [2.05, 4.69) is 43.3 Å². The Bertz CT molecular complexity index is 416. The molecule has 21 heavy (non-hydrogen) atoms. The Balaban J connectivity index is 1.93. The van der Waals surface area contributed by atoms with Gasteiger partial charge in [-0.3, -0.25) is 4.90 Å². The highest BCUT2D eigenvalue weighted by Crippen LogP contribution is 2.24. The average Bonchev–Trinajstić information content (AvgIpc) is 2.89. The van der Waals surface area contributed by atoms with Gasteiger partial charge in [-0.05, 0) is 32.4 Å². The van der Waals surface area contributed by atoms with Crippen LogP contribution >= 0.6 is 11.3 Å². The predicted molar refractivity (Wildman–Crippen MR) is 92.0 cm³/mol. The molecule has 1 atom stereocenters. The van der Waals surface area contributed by atoms with Crippen molar-refractivity contribution in [1.29, 1.82) is 0 Å². The third-order valence-corrected chi connectivity index (χ3v) is 4.94. The number of piperidine rings is 1. The molecule has 0 amide bonds. The molecule has 1 saturated heterocycles. The molecule has 1 aliphatic rings. The quantitative estimate of drug-likeness (QED) is 0.866. The first-order valence-corrected chi connectivity index (χ1v) is 9.27. The minimum absolute atomic E-state index is 0.162. The van der Waals surface area contributed by atoms with E-state index in [1.165, 1.54) is 49.5 Å². The van der Waals surface area contributed by atoms with Crippen LogP contribution in [0.15, 0.2) is 5.38 Å². The summed E-state index contributed by atoms with van der Waals surface area (Å²) in [6, 6.07) is 0.673. The maximum Gasteiger partial charge on any atom is 0.107 e. The molecule has 2 rings (SSSR count). The van der Waals surface area contributed by atoms with Crippen molar-refractivity contribution in [1.82, 2.24) is 15.2 Å². The van der Waals surface area contributed by atoms with E-state index in [1.807, 2.05) is 11.3 Å². The van der Waals surface area contributed by atoms with Crippen LogP contribution in [0.3, 0.4) is 0 Å². The van der Waals surface area contributed by atoms with Gasteiger partial charge < -0.3 is 5.32 Å². The van der Waals surface area contributed by atoms with Crippen molar-refractivity contribution in [3.05, 3.63) is 16.1 Å². The Labute approximate surface area is 134 Å². The zero-order valence-electron chi connectivity index (χ0n) is 14.1. The van der Waals surface area contributed by atoms with Gasteiger partial charge in [0.05, 0.1) is 12.2 Å². The van der Waals surface area contributed by atoms with Crippen LogP contribution in [0.5, 0.6) is 0 Å². The molecule has 1 aromatic heterocycles. The van der Waals surface area contributed by atoms with Crippen LogP contribution in [-0.2, 0) is 12.0 Å². The summed E-state index contributed by atoms with van der Waals surface area (Å²) >= 11 is 1.82. The average molecular weight is 310 g/mol. The molecular weight excluding hydrogens is 278 g/mol. The molecule has 2 heterocycles. The molecule has 1 aromatic rings. The second kappa shape index (κ2) is 7.70. The van der Waals surface area contributed by atoms with E-state index in [9.17, 15) is 0 Å². The lowest BCUT2D eigenvalue weighted by atomic mass is 9.93.